The van der Waals surface area contributed by atoms with Gasteiger partial charge in [0.25, 0.3) is 0 Å². The summed E-state index contributed by atoms with van der Waals surface area (Å²) in [7, 11) is 0. The lowest BCUT2D eigenvalue weighted by atomic mass is 9.78. The number of nitrogens with zero attached hydrogens (tertiary/aromatic N) is 1. The number of carbonyl (C=O) groups excluding carboxylic acids is 1. The van der Waals surface area contributed by atoms with Crippen LogP contribution in [0.2, 0.25) is 0 Å². The number of nitrogens with two attached hydrogens (primary N) is 1. The van der Waals surface area contributed by atoms with E-state index in [9.17, 15) is 9.59 Å². The lowest BCUT2D eigenvalue weighted by Gasteiger charge is -2.41. The molecule has 1 heterocycles. The molecule has 4 N–H and O–H groups in total. The molecule has 0 spiro atoms. The zero-order valence-electron chi connectivity index (χ0n) is 12.0. The summed E-state index contributed by atoms with van der Waals surface area (Å²) in [5.41, 5.74) is 5.81. The average Bonchev–Trinajstić information content (AvgIpc) is 2.70. The smallest absolute Gasteiger partial charge is 0.404 e. The van der Waals surface area contributed by atoms with E-state index >= 15 is 0 Å². The molecule has 0 aromatic heterocycles. The Morgan fingerprint density at radius 2 is 2.20 bits per heavy atom. The van der Waals surface area contributed by atoms with Crippen LogP contribution in [0.5, 0.6) is 0 Å². The van der Waals surface area contributed by atoms with E-state index in [0.29, 0.717) is 5.92 Å². The number of carbonyl (C=O) groups is 2. The van der Waals surface area contributed by atoms with Gasteiger partial charge in [-0.05, 0) is 38.0 Å². The molecule has 0 bridgehead atoms. The fourth-order valence-electron chi connectivity index (χ4n) is 3.70. The summed E-state index contributed by atoms with van der Waals surface area (Å²) in [4.78, 5) is 24.8. The van der Waals surface area contributed by atoms with E-state index in [1.807, 2.05) is 4.90 Å². The molecule has 20 heavy (non-hydrogen) atoms. The second-order valence-corrected chi connectivity index (χ2v) is 6.00. The van der Waals surface area contributed by atoms with Crippen LogP contribution in [-0.2, 0) is 4.79 Å². The van der Waals surface area contributed by atoms with Crippen LogP contribution in [0.25, 0.3) is 0 Å². The average molecular weight is 283 g/mol. The summed E-state index contributed by atoms with van der Waals surface area (Å²) in [6.45, 7) is 2.88. The molecule has 6 heteroatoms. The van der Waals surface area contributed by atoms with Crippen LogP contribution >= 0.6 is 0 Å². The number of carboxylic acid groups (broad SMARTS) is 1. The van der Waals surface area contributed by atoms with Crippen LogP contribution in [0, 0.1) is 5.92 Å². The van der Waals surface area contributed by atoms with Crippen molar-refractivity contribution in [1.29, 1.82) is 0 Å². The van der Waals surface area contributed by atoms with Crippen molar-refractivity contribution in [2.75, 3.05) is 6.54 Å². The molecule has 2 aliphatic rings. The molecule has 0 unspecified atom stereocenters. The van der Waals surface area contributed by atoms with Gasteiger partial charge in [-0.2, -0.15) is 0 Å². The largest absolute Gasteiger partial charge is 0.465 e. The lowest BCUT2D eigenvalue weighted by molar-refractivity contribution is -0.132. The molecule has 1 saturated heterocycles. The maximum absolute atomic E-state index is 12.1. The summed E-state index contributed by atoms with van der Waals surface area (Å²) in [6.07, 6.45) is 4.36. The maximum atomic E-state index is 12.1. The third-order valence-corrected chi connectivity index (χ3v) is 4.61. The monoisotopic (exact) mass is 283 g/mol. The molecular weight excluding hydrogens is 258 g/mol. The van der Waals surface area contributed by atoms with Crippen molar-refractivity contribution in [2.45, 2.75) is 63.6 Å². The van der Waals surface area contributed by atoms with Gasteiger partial charge in [0, 0.05) is 18.6 Å². The van der Waals surface area contributed by atoms with Crippen molar-refractivity contribution in [3.8, 4) is 0 Å². The van der Waals surface area contributed by atoms with Gasteiger partial charge in [-0.25, -0.2) is 4.79 Å². The fourth-order valence-corrected chi connectivity index (χ4v) is 3.70. The molecule has 6 nitrogen and oxygen atoms in total. The van der Waals surface area contributed by atoms with Gasteiger partial charge in [0.1, 0.15) is 0 Å². The van der Waals surface area contributed by atoms with Gasteiger partial charge in [0.05, 0.1) is 6.04 Å². The van der Waals surface area contributed by atoms with Crippen LogP contribution in [0.4, 0.5) is 4.79 Å². The molecule has 2 rings (SSSR count). The Morgan fingerprint density at radius 3 is 2.75 bits per heavy atom. The Hall–Kier alpha value is -1.30. The molecule has 114 valence electrons. The van der Waals surface area contributed by atoms with Crippen molar-refractivity contribution in [3.63, 3.8) is 0 Å². The molecule has 0 aromatic carbocycles. The van der Waals surface area contributed by atoms with Crippen molar-refractivity contribution in [1.82, 2.24) is 10.2 Å². The standard InChI is InChI=1S/C14H25N3O3/c1-2-3-9-8-10(16-14(19)20)4-5-12(9)17-7-6-11(15)13(17)18/h9-12,16H,2-8,15H2,1H3,(H,19,20)/t9-,10-,11+,12+/m1/s1. The second-order valence-electron chi connectivity index (χ2n) is 6.00. The molecule has 1 aliphatic carbocycles. The van der Waals surface area contributed by atoms with E-state index in [1.54, 1.807) is 0 Å². The van der Waals surface area contributed by atoms with Gasteiger partial charge in [0.15, 0.2) is 0 Å². The van der Waals surface area contributed by atoms with Crippen LogP contribution in [0.3, 0.4) is 0 Å². The Balaban J connectivity index is 2.02. The zero-order valence-corrected chi connectivity index (χ0v) is 12.0. The van der Waals surface area contributed by atoms with E-state index in [0.717, 1.165) is 45.1 Å². The Kier molecular flexibility index (Phi) is 4.86. The Morgan fingerprint density at radius 1 is 1.45 bits per heavy atom. The molecule has 1 aliphatic heterocycles. The second kappa shape index (κ2) is 6.43. The van der Waals surface area contributed by atoms with E-state index in [2.05, 4.69) is 12.2 Å². The van der Waals surface area contributed by atoms with Gasteiger partial charge < -0.3 is 21.1 Å². The first-order valence-corrected chi connectivity index (χ1v) is 7.58. The summed E-state index contributed by atoms with van der Waals surface area (Å²) in [5, 5.41) is 11.4. The highest BCUT2D eigenvalue weighted by molar-refractivity contribution is 5.84. The summed E-state index contributed by atoms with van der Waals surface area (Å²) < 4.78 is 0. The molecule has 0 aromatic rings. The Bertz CT molecular complexity index is 375. The Labute approximate surface area is 119 Å². The van der Waals surface area contributed by atoms with E-state index in [-0.39, 0.29) is 24.0 Å². The summed E-state index contributed by atoms with van der Waals surface area (Å²) in [5.74, 6) is 0.445. The summed E-state index contributed by atoms with van der Waals surface area (Å²) >= 11 is 0. The van der Waals surface area contributed by atoms with Crippen molar-refractivity contribution < 1.29 is 14.7 Å². The van der Waals surface area contributed by atoms with Crippen molar-refractivity contribution in [3.05, 3.63) is 0 Å². The van der Waals surface area contributed by atoms with E-state index < -0.39 is 6.09 Å². The minimum atomic E-state index is -0.956. The van der Waals surface area contributed by atoms with Crippen LogP contribution in [0.15, 0.2) is 0 Å². The first-order valence-electron chi connectivity index (χ1n) is 7.58. The zero-order chi connectivity index (χ0) is 14.7. The number of amides is 2. The molecule has 0 radical (unpaired) electrons. The minimum absolute atomic E-state index is 0.0201. The quantitative estimate of drug-likeness (QED) is 0.721. The minimum Gasteiger partial charge on any atom is -0.465 e. The van der Waals surface area contributed by atoms with Crippen LogP contribution in [0.1, 0.15) is 45.4 Å². The van der Waals surface area contributed by atoms with Gasteiger partial charge in [-0.15, -0.1) is 0 Å². The third kappa shape index (κ3) is 3.23. The van der Waals surface area contributed by atoms with Crippen LogP contribution < -0.4 is 11.1 Å². The van der Waals surface area contributed by atoms with Gasteiger partial charge in [0.2, 0.25) is 5.91 Å². The molecule has 2 fully saturated rings. The van der Waals surface area contributed by atoms with Gasteiger partial charge in [-0.1, -0.05) is 13.3 Å². The highest BCUT2D eigenvalue weighted by Crippen LogP contribution is 2.34. The molecule has 2 amide bonds. The predicted octanol–water partition coefficient (Wildman–Crippen LogP) is 1.15. The van der Waals surface area contributed by atoms with E-state index in [4.69, 9.17) is 10.8 Å². The van der Waals surface area contributed by atoms with Crippen LogP contribution in [-0.4, -0.2) is 46.7 Å². The maximum Gasteiger partial charge on any atom is 0.404 e. The first-order chi connectivity index (χ1) is 9.52. The molecular formula is C14H25N3O3. The highest BCUT2D eigenvalue weighted by atomic mass is 16.4. The van der Waals surface area contributed by atoms with Crippen molar-refractivity contribution in [2.24, 2.45) is 11.7 Å². The van der Waals surface area contributed by atoms with E-state index in [1.165, 1.54) is 0 Å². The predicted molar refractivity (Wildman–Crippen MR) is 75.3 cm³/mol. The molecule has 4 atom stereocenters. The normalized spacial score (nSPS) is 34.3. The number of hydrogen-bond donors (Lipinski definition) is 3. The molecule has 1 saturated carbocycles. The highest BCUT2D eigenvalue weighted by Gasteiger charge is 2.40. The number of rotatable bonds is 4. The SMILES string of the molecule is CCC[C@@H]1C[C@H](NC(=O)O)CC[C@@H]1N1CC[C@H](N)C1=O. The lowest BCUT2D eigenvalue weighted by Crippen LogP contribution is -2.50. The van der Waals surface area contributed by atoms with Crippen molar-refractivity contribution >= 4 is 12.0 Å². The number of likely N-dealkylation sites (tertiary alicyclic amines) is 1. The third-order valence-electron chi connectivity index (χ3n) is 4.61. The van der Waals surface area contributed by atoms with Gasteiger partial charge in [-0.3, -0.25) is 4.79 Å². The fraction of sp³-hybridized carbons (Fsp3) is 0.857. The topological polar surface area (TPSA) is 95.7 Å². The first kappa shape index (κ1) is 15.1. The summed E-state index contributed by atoms with van der Waals surface area (Å²) in [6, 6.07) is -0.0818. The number of hydrogen-bond acceptors (Lipinski definition) is 3. The number of nitrogens with one attached hydrogen (secondary N) is 1. The van der Waals surface area contributed by atoms with Gasteiger partial charge >= 0.3 is 6.09 Å².